The topological polar surface area (TPSA) is 133 Å². The van der Waals surface area contributed by atoms with Crippen molar-refractivity contribution in [1.29, 1.82) is 0 Å². The lowest BCUT2D eigenvalue weighted by Gasteiger charge is -2.35. The number of amides is 3. The van der Waals surface area contributed by atoms with Crippen molar-refractivity contribution in [1.82, 2.24) is 15.1 Å². The number of nitrogens with one attached hydrogen (secondary N) is 1. The largest absolute Gasteiger partial charge is 0.459 e. The molecule has 4 rings (SSSR count). The van der Waals surface area contributed by atoms with Gasteiger partial charge in [-0.25, -0.2) is 14.4 Å². The average Bonchev–Trinajstić information content (AvgIpc) is 3.59. The number of carbonyl (C=O) groups is 4. The van der Waals surface area contributed by atoms with Gasteiger partial charge in [0.25, 0.3) is 0 Å². The van der Waals surface area contributed by atoms with Gasteiger partial charge in [-0.15, -0.1) is 0 Å². The number of hydrogen-bond donors (Lipinski definition) is 1. The zero-order valence-corrected chi connectivity index (χ0v) is 33.8. The molecule has 2 aliphatic rings. The smallest absolute Gasteiger partial charge is 0.457 e. The summed E-state index contributed by atoms with van der Waals surface area (Å²) in [4.78, 5) is 58.5. The van der Waals surface area contributed by atoms with E-state index in [4.69, 9.17) is 23.5 Å². The van der Waals surface area contributed by atoms with Gasteiger partial charge in [-0.05, 0) is 78.3 Å². The summed E-state index contributed by atoms with van der Waals surface area (Å²) in [6.45, 7) is 17.0. The molecule has 0 aromatic heterocycles. The lowest BCUT2D eigenvalue weighted by Crippen LogP contribution is -2.54. The van der Waals surface area contributed by atoms with E-state index in [9.17, 15) is 19.2 Å². The molecule has 12 nitrogen and oxygen atoms in total. The molecule has 3 amide bonds. The van der Waals surface area contributed by atoms with Crippen LogP contribution in [0.5, 0.6) is 0 Å². The van der Waals surface area contributed by atoms with Crippen molar-refractivity contribution < 1.29 is 42.7 Å². The zero-order chi connectivity index (χ0) is 39.9. The molecule has 296 valence electrons. The number of alkyl carbamates (subject to hydrolysis) is 1. The van der Waals surface area contributed by atoms with Crippen LogP contribution >= 0.6 is 0 Å². The van der Waals surface area contributed by atoms with Crippen molar-refractivity contribution in [2.75, 3.05) is 13.6 Å². The zero-order valence-electron chi connectivity index (χ0n) is 33.8. The Morgan fingerprint density at radius 2 is 1.43 bits per heavy atom. The standard InChI is InChI=1S/C41H60BN3O9/c1-29(2)33(43-36(48)52-38(3,4)5)34(46)44(10)32-25-41(35(47)50-27-30-19-13-11-14-20-30,23-17-18-24-42-53-39(6,7)40(8,9)54-42)45(26-32)37(49)51-28-31-21-15-12-16-22-31/h11-16,19-22,29,32-33H,17-18,23-28H2,1-10H3,(H,43,48). The number of rotatable bonds is 14. The van der Waals surface area contributed by atoms with Crippen LogP contribution < -0.4 is 5.32 Å². The number of benzene rings is 2. The van der Waals surface area contributed by atoms with E-state index in [2.05, 4.69) is 5.32 Å². The maximum absolute atomic E-state index is 14.5. The van der Waals surface area contributed by atoms with E-state index in [0.717, 1.165) is 11.1 Å². The third-order valence-electron chi connectivity index (χ3n) is 10.6. The molecule has 2 aromatic rings. The van der Waals surface area contributed by atoms with E-state index >= 15 is 0 Å². The number of carbonyl (C=O) groups excluding carboxylic acids is 4. The molecule has 54 heavy (non-hydrogen) atoms. The van der Waals surface area contributed by atoms with Crippen molar-refractivity contribution in [2.45, 2.75) is 142 Å². The summed E-state index contributed by atoms with van der Waals surface area (Å²) >= 11 is 0. The van der Waals surface area contributed by atoms with Gasteiger partial charge < -0.3 is 33.7 Å². The minimum atomic E-state index is -1.45. The maximum atomic E-state index is 14.5. The minimum Gasteiger partial charge on any atom is -0.459 e. The van der Waals surface area contributed by atoms with E-state index in [1.54, 1.807) is 27.8 Å². The SMILES string of the molecule is CC(C)C(NC(=O)OC(C)(C)C)C(=O)N(C)C1CN(C(=O)OCc2ccccc2)C(CCCCB2OC(C)(C)C(C)(C)O2)(C(=O)OCc2ccccc2)C1. The summed E-state index contributed by atoms with van der Waals surface area (Å²) in [5.41, 5.74) is -1.56. The molecular weight excluding hydrogens is 689 g/mol. The van der Waals surface area contributed by atoms with Crippen LogP contribution in [0.3, 0.4) is 0 Å². The minimum absolute atomic E-state index is 0.00190. The quantitative estimate of drug-likeness (QED) is 0.0926. The Hall–Kier alpha value is -4.10. The van der Waals surface area contributed by atoms with Gasteiger partial charge in [-0.3, -0.25) is 9.69 Å². The van der Waals surface area contributed by atoms with Crippen LogP contribution in [0.2, 0.25) is 6.32 Å². The molecule has 0 spiro atoms. The van der Waals surface area contributed by atoms with Gasteiger partial charge in [0.15, 0.2) is 0 Å². The molecule has 2 fully saturated rings. The van der Waals surface area contributed by atoms with Crippen LogP contribution in [0.1, 0.15) is 99.1 Å². The van der Waals surface area contributed by atoms with E-state index in [1.807, 2.05) is 102 Å². The fraction of sp³-hybridized carbons (Fsp3) is 0.610. The molecule has 3 atom stereocenters. The third kappa shape index (κ3) is 10.8. The van der Waals surface area contributed by atoms with E-state index in [0.29, 0.717) is 19.2 Å². The highest BCUT2D eigenvalue weighted by Gasteiger charge is 2.57. The maximum Gasteiger partial charge on any atom is 0.457 e. The first-order valence-electron chi connectivity index (χ1n) is 19.1. The van der Waals surface area contributed by atoms with Crippen LogP contribution in [0, 0.1) is 5.92 Å². The van der Waals surface area contributed by atoms with Gasteiger partial charge in [0.05, 0.1) is 17.2 Å². The number of esters is 1. The van der Waals surface area contributed by atoms with Crippen molar-refractivity contribution in [2.24, 2.45) is 5.92 Å². The van der Waals surface area contributed by atoms with E-state index in [-0.39, 0.29) is 44.4 Å². The predicted octanol–water partition coefficient (Wildman–Crippen LogP) is 7.15. The number of likely N-dealkylation sites (N-methyl/N-ethyl adjacent to an activating group) is 1. The first kappa shape index (κ1) is 42.6. The van der Waals surface area contributed by atoms with Gasteiger partial charge in [-0.2, -0.15) is 0 Å². The molecule has 1 N–H and O–H groups in total. The van der Waals surface area contributed by atoms with E-state index < -0.39 is 59.7 Å². The Bertz CT molecular complexity index is 1570. The second-order valence-electron chi connectivity index (χ2n) is 16.9. The van der Waals surface area contributed by atoms with Crippen LogP contribution in [0.4, 0.5) is 9.59 Å². The second-order valence-corrected chi connectivity index (χ2v) is 16.9. The summed E-state index contributed by atoms with van der Waals surface area (Å²) < 4.78 is 29.7. The molecule has 2 aliphatic heterocycles. The molecule has 2 aromatic carbocycles. The summed E-state index contributed by atoms with van der Waals surface area (Å²) in [5.74, 6) is -1.22. The average molecular weight is 750 g/mol. The lowest BCUT2D eigenvalue weighted by molar-refractivity contribution is -0.158. The molecule has 0 radical (unpaired) electrons. The third-order valence-corrected chi connectivity index (χ3v) is 10.6. The summed E-state index contributed by atoms with van der Waals surface area (Å²) in [6.07, 6.45) is 0.741. The van der Waals surface area contributed by atoms with Crippen molar-refractivity contribution in [3.8, 4) is 0 Å². The van der Waals surface area contributed by atoms with E-state index in [1.165, 1.54) is 9.80 Å². The molecule has 2 saturated heterocycles. The van der Waals surface area contributed by atoms with Gasteiger partial charge in [0, 0.05) is 20.0 Å². The predicted molar refractivity (Wildman–Crippen MR) is 206 cm³/mol. The van der Waals surface area contributed by atoms with Gasteiger partial charge in [0.2, 0.25) is 5.91 Å². The normalized spacial score (nSPS) is 21.1. The lowest BCUT2D eigenvalue weighted by atomic mass is 9.80. The fourth-order valence-electron chi connectivity index (χ4n) is 6.80. The molecule has 13 heteroatoms. The number of nitrogens with zero attached hydrogens (tertiary/aromatic N) is 2. The van der Waals surface area contributed by atoms with Crippen LogP contribution in [0.25, 0.3) is 0 Å². The molecular formula is C41H60BN3O9. The molecule has 3 unspecified atom stereocenters. The summed E-state index contributed by atoms with van der Waals surface area (Å²) in [7, 11) is 1.23. The molecule has 0 aliphatic carbocycles. The molecule has 0 saturated carbocycles. The second kappa shape index (κ2) is 17.6. The highest BCUT2D eigenvalue weighted by atomic mass is 16.7. The van der Waals surface area contributed by atoms with Crippen molar-refractivity contribution in [3.63, 3.8) is 0 Å². The Morgan fingerprint density at radius 3 is 1.94 bits per heavy atom. The number of hydrogen-bond acceptors (Lipinski definition) is 9. The number of ether oxygens (including phenoxy) is 3. The molecule has 2 heterocycles. The fourth-order valence-corrected chi connectivity index (χ4v) is 6.80. The van der Waals surface area contributed by atoms with Crippen LogP contribution in [-0.4, -0.2) is 89.0 Å². The first-order chi connectivity index (χ1) is 25.2. The Morgan fingerprint density at radius 1 is 0.889 bits per heavy atom. The highest BCUT2D eigenvalue weighted by molar-refractivity contribution is 6.45. The highest BCUT2D eigenvalue weighted by Crippen LogP contribution is 2.41. The van der Waals surface area contributed by atoms with Gasteiger partial charge >= 0.3 is 25.3 Å². The summed E-state index contributed by atoms with van der Waals surface area (Å²) in [5, 5.41) is 2.74. The summed E-state index contributed by atoms with van der Waals surface area (Å²) in [6, 6.07) is 17.1. The van der Waals surface area contributed by atoms with Crippen LogP contribution in [0.15, 0.2) is 60.7 Å². The Kier molecular flexibility index (Phi) is 13.9. The van der Waals surface area contributed by atoms with Crippen molar-refractivity contribution in [3.05, 3.63) is 71.8 Å². The Labute approximate surface area is 321 Å². The monoisotopic (exact) mass is 749 g/mol. The number of likely N-dealkylation sites (tertiary alicyclic amines) is 1. The Balaban J connectivity index is 1.62. The number of unbranched alkanes of at least 4 members (excludes halogenated alkanes) is 1. The molecule has 0 bridgehead atoms. The first-order valence-corrected chi connectivity index (χ1v) is 19.1. The van der Waals surface area contributed by atoms with Gasteiger partial charge in [-0.1, -0.05) is 87.4 Å². The van der Waals surface area contributed by atoms with Gasteiger partial charge in [0.1, 0.15) is 30.4 Å². The van der Waals surface area contributed by atoms with Crippen LogP contribution in [-0.2, 0) is 46.3 Å². The van der Waals surface area contributed by atoms with Crippen molar-refractivity contribution >= 4 is 31.2 Å².